The van der Waals surface area contributed by atoms with Gasteiger partial charge >= 0.3 is 0 Å². The number of para-hydroxylation sites is 2. The number of hydrogen-bond acceptors (Lipinski definition) is 5. The molecule has 0 radical (unpaired) electrons. The zero-order chi connectivity index (χ0) is 58.6. The summed E-state index contributed by atoms with van der Waals surface area (Å²) in [5.41, 5.74) is 34.3. The lowest BCUT2D eigenvalue weighted by Gasteiger charge is -2.33. The molecule has 0 atom stereocenters. The first-order valence-corrected chi connectivity index (χ1v) is 31.2. The van der Waals surface area contributed by atoms with Gasteiger partial charge in [0.25, 0.3) is 0 Å². The summed E-state index contributed by atoms with van der Waals surface area (Å²) >= 11 is 0. The summed E-state index contributed by atoms with van der Waals surface area (Å²) < 4.78 is 13.9. The molecule has 0 saturated heterocycles. The van der Waals surface area contributed by atoms with Crippen LogP contribution in [0.1, 0.15) is 94.5 Å². The highest BCUT2D eigenvalue weighted by molar-refractivity contribution is 6.21. The molecule has 5 heteroatoms. The number of hydrogen-bond donors (Lipinski definition) is 0. The lowest BCUT2D eigenvalue weighted by molar-refractivity contribution is 0.600. The molecule has 3 aromatic heterocycles. The number of fused-ring (bicyclic) bond motifs is 36. The van der Waals surface area contributed by atoms with E-state index in [1.165, 1.54) is 139 Å². The van der Waals surface area contributed by atoms with Crippen LogP contribution in [0.3, 0.4) is 0 Å². The average Bonchev–Trinajstić information content (AvgIpc) is 1.50. The van der Waals surface area contributed by atoms with Crippen LogP contribution in [-0.4, -0.2) is 9.97 Å². The average molecular weight is 1140 g/mol. The van der Waals surface area contributed by atoms with Gasteiger partial charge in [-0.05, 0) is 189 Å². The van der Waals surface area contributed by atoms with Crippen LogP contribution in [0.15, 0.2) is 258 Å². The standard InChI is InChI=1S/C84H53N3O2/c1-81(2)59-27-12-9-24-53(59)76-78(81)77-74(75-56-26-11-18-33-70(56)89-79(75)76)54-37-35-46(42-65(54)82(77,3)4)87(80-85-40-19-41-86-80)47-34-36-52-57-44-68-58(45-67(57)84(66(52)43-47)62-30-15-7-22-50(62)51-23-8-16-31-63(51)84)72-64(38-39-71-73(72)55-25-10-17-32-69(55)88-71)83(68)60-28-13-5-20-48(60)49-21-6-14-29-61(49)83/h5-45H,1-4H3. The van der Waals surface area contributed by atoms with Crippen molar-refractivity contribution in [3.05, 3.63) is 316 Å². The predicted molar refractivity (Wildman–Crippen MR) is 359 cm³/mol. The number of furan rings is 2. The molecule has 0 fully saturated rings. The molecule has 6 aliphatic carbocycles. The number of rotatable bonds is 3. The van der Waals surface area contributed by atoms with Crippen LogP contribution >= 0.6 is 0 Å². The Kier molecular flexibility index (Phi) is 8.78. The van der Waals surface area contributed by atoms with Crippen molar-refractivity contribution in [1.29, 1.82) is 0 Å². The molecule has 89 heavy (non-hydrogen) atoms. The Bertz CT molecular complexity index is 5680. The van der Waals surface area contributed by atoms with Gasteiger partial charge in [-0.15, -0.1) is 0 Å². The smallest absolute Gasteiger partial charge is 0.234 e. The monoisotopic (exact) mass is 1140 g/mol. The second-order valence-electron chi connectivity index (χ2n) is 26.5. The molecule has 0 amide bonds. The highest BCUT2D eigenvalue weighted by Gasteiger charge is 2.57. The van der Waals surface area contributed by atoms with Gasteiger partial charge in [0, 0.05) is 61.7 Å². The fourth-order valence-electron chi connectivity index (χ4n) is 18.6. The van der Waals surface area contributed by atoms with E-state index in [9.17, 15) is 0 Å². The van der Waals surface area contributed by atoms with Gasteiger partial charge in [-0.25, -0.2) is 9.97 Å². The van der Waals surface area contributed by atoms with E-state index in [2.05, 4.69) is 263 Å². The zero-order valence-corrected chi connectivity index (χ0v) is 49.3. The minimum atomic E-state index is -0.703. The Morgan fingerprint density at radius 2 is 0.753 bits per heavy atom. The molecular formula is C84H53N3O2. The third-order valence-corrected chi connectivity index (χ3v) is 21.9. The summed E-state index contributed by atoms with van der Waals surface area (Å²) in [5, 5.41) is 4.63. The van der Waals surface area contributed by atoms with Gasteiger partial charge in [-0.2, -0.15) is 0 Å². The zero-order valence-electron chi connectivity index (χ0n) is 49.3. The van der Waals surface area contributed by atoms with E-state index in [4.69, 9.17) is 18.8 Å². The van der Waals surface area contributed by atoms with Gasteiger partial charge in [-0.3, -0.25) is 4.90 Å². The normalized spacial score (nSPS) is 15.8. The summed E-state index contributed by atoms with van der Waals surface area (Å²) in [4.78, 5) is 12.6. The second-order valence-corrected chi connectivity index (χ2v) is 26.5. The number of nitrogens with zero attached hydrogens (tertiary/aromatic N) is 3. The lowest BCUT2D eigenvalue weighted by Crippen LogP contribution is -2.27. The maximum absolute atomic E-state index is 7.07. The highest BCUT2D eigenvalue weighted by Crippen LogP contribution is 2.70. The molecule has 0 N–H and O–H groups in total. The van der Waals surface area contributed by atoms with Gasteiger partial charge in [0.15, 0.2) is 0 Å². The van der Waals surface area contributed by atoms with Crippen molar-refractivity contribution in [2.24, 2.45) is 0 Å². The van der Waals surface area contributed by atoms with E-state index in [0.717, 1.165) is 49.9 Å². The molecule has 21 rings (SSSR count). The van der Waals surface area contributed by atoms with Crippen LogP contribution in [0.5, 0.6) is 0 Å². The molecule has 0 unspecified atom stereocenters. The summed E-state index contributed by atoms with van der Waals surface area (Å²) in [7, 11) is 0. The van der Waals surface area contributed by atoms with Crippen LogP contribution in [-0.2, 0) is 21.7 Å². The predicted octanol–water partition coefficient (Wildman–Crippen LogP) is 21.0. The van der Waals surface area contributed by atoms with Crippen molar-refractivity contribution in [3.8, 4) is 66.8 Å². The van der Waals surface area contributed by atoms with Crippen molar-refractivity contribution in [2.75, 3.05) is 4.90 Å². The van der Waals surface area contributed by atoms with Gasteiger partial charge in [0.1, 0.15) is 22.3 Å². The van der Waals surface area contributed by atoms with Crippen LogP contribution in [0.4, 0.5) is 17.3 Å². The van der Waals surface area contributed by atoms with E-state index in [-0.39, 0.29) is 5.41 Å². The molecule has 15 aromatic rings. The minimum absolute atomic E-state index is 0.277. The third kappa shape index (κ3) is 5.51. The SMILES string of the molecule is CC1(C)c2ccccc2-c2c1c1c(c3c2oc2ccccc23)-c2ccc(N(c3ccc4c(c3)C3(c5ccccc5-c5ccccc53)c3cc5c(cc3-4)C3(c4ccccc4-c4ccccc43)c3ccc4oc6ccccc6c4c3-5)c3ncccn3)cc2C1(C)C. The molecular weight excluding hydrogens is 1080 g/mol. The molecule has 0 aliphatic heterocycles. The quantitative estimate of drug-likeness (QED) is 0.176. The van der Waals surface area contributed by atoms with Gasteiger partial charge in [0.05, 0.1) is 10.8 Å². The molecule has 416 valence electrons. The number of benzene rings is 12. The Hall–Kier alpha value is -10.9. The first-order chi connectivity index (χ1) is 43.7. The minimum Gasteiger partial charge on any atom is -0.456 e. The largest absolute Gasteiger partial charge is 0.456 e. The molecule has 6 aliphatic rings. The van der Waals surface area contributed by atoms with Crippen LogP contribution in [0.2, 0.25) is 0 Å². The fourth-order valence-corrected chi connectivity index (χ4v) is 18.6. The second kappa shape index (κ2) is 16.2. The molecule has 0 saturated carbocycles. The van der Waals surface area contributed by atoms with Gasteiger partial charge in [-0.1, -0.05) is 204 Å². The van der Waals surface area contributed by atoms with E-state index < -0.39 is 16.2 Å². The first kappa shape index (κ1) is 48.3. The van der Waals surface area contributed by atoms with Crippen LogP contribution in [0, 0.1) is 0 Å². The molecule has 12 aromatic carbocycles. The van der Waals surface area contributed by atoms with Gasteiger partial charge in [0.2, 0.25) is 5.95 Å². The van der Waals surface area contributed by atoms with E-state index in [1.807, 2.05) is 18.5 Å². The summed E-state index contributed by atoms with van der Waals surface area (Å²) in [6.45, 7) is 9.68. The van der Waals surface area contributed by atoms with Crippen LogP contribution in [0.25, 0.3) is 111 Å². The topological polar surface area (TPSA) is 55.3 Å². The molecule has 2 spiro atoms. The summed E-state index contributed by atoms with van der Waals surface area (Å²) in [6, 6.07) is 88.9. The van der Waals surface area contributed by atoms with Crippen molar-refractivity contribution in [3.63, 3.8) is 0 Å². The fraction of sp³-hybridized carbons (Fsp3) is 0.0952. The van der Waals surface area contributed by atoms with E-state index in [1.54, 1.807) is 0 Å². The number of anilines is 3. The van der Waals surface area contributed by atoms with Crippen molar-refractivity contribution < 1.29 is 8.83 Å². The highest BCUT2D eigenvalue weighted by atomic mass is 16.3. The van der Waals surface area contributed by atoms with Crippen molar-refractivity contribution in [2.45, 2.75) is 49.4 Å². The van der Waals surface area contributed by atoms with E-state index >= 15 is 0 Å². The van der Waals surface area contributed by atoms with E-state index in [0.29, 0.717) is 5.95 Å². The van der Waals surface area contributed by atoms with Crippen molar-refractivity contribution in [1.82, 2.24) is 9.97 Å². The lowest BCUT2D eigenvalue weighted by atomic mass is 9.68. The molecule has 3 heterocycles. The Labute approximate surface area is 513 Å². The maximum atomic E-state index is 7.07. The first-order valence-electron chi connectivity index (χ1n) is 31.2. The summed E-state index contributed by atoms with van der Waals surface area (Å²) in [6.07, 6.45) is 3.74. The van der Waals surface area contributed by atoms with Gasteiger partial charge < -0.3 is 8.83 Å². The maximum Gasteiger partial charge on any atom is 0.234 e. The Morgan fingerprint density at radius 3 is 1.39 bits per heavy atom. The Balaban J connectivity index is 0.831. The van der Waals surface area contributed by atoms with Crippen LogP contribution < -0.4 is 4.90 Å². The third-order valence-electron chi connectivity index (χ3n) is 21.9. The summed E-state index contributed by atoms with van der Waals surface area (Å²) in [5.74, 6) is 0.602. The Morgan fingerprint density at radius 1 is 0.303 bits per heavy atom. The molecule has 5 nitrogen and oxygen atoms in total. The van der Waals surface area contributed by atoms with Crippen molar-refractivity contribution >= 4 is 61.2 Å². The molecule has 0 bridgehead atoms. The number of aromatic nitrogens is 2.